The molecule has 0 radical (unpaired) electrons. The topological polar surface area (TPSA) is 97.7 Å². The molecule has 1 fully saturated rings. The van der Waals surface area contributed by atoms with Crippen molar-refractivity contribution in [2.24, 2.45) is 0 Å². The Morgan fingerprint density at radius 1 is 1.18 bits per heavy atom. The third-order valence-electron chi connectivity index (χ3n) is 4.89. The van der Waals surface area contributed by atoms with Crippen LogP contribution < -0.4 is 5.32 Å². The summed E-state index contributed by atoms with van der Waals surface area (Å²) >= 11 is 0. The van der Waals surface area contributed by atoms with Gasteiger partial charge in [0.05, 0.1) is 0 Å². The lowest BCUT2D eigenvalue weighted by Crippen LogP contribution is -2.40. The molecular formula is C20H29N3O5. The summed E-state index contributed by atoms with van der Waals surface area (Å²) in [4.78, 5) is 49.3. The second-order valence-electron chi connectivity index (χ2n) is 7.64. The number of aromatic nitrogens is 1. The molecule has 1 aliphatic heterocycles. The molecule has 0 aliphatic carbocycles. The fourth-order valence-electron chi connectivity index (χ4n) is 3.35. The van der Waals surface area contributed by atoms with E-state index in [1.54, 1.807) is 13.8 Å². The highest BCUT2D eigenvalue weighted by molar-refractivity contribution is 6.06. The summed E-state index contributed by atoms with van der Waals surface area (Å²) in [5.41, 5.74) is 1.53. The van der Waals surface area contributed by atoms with E-state index in [0.717, 1.165) is 29.3 Å². The number of hydrogen-bond donors (Lipinski definition) is 1. The number of rotatable bonds is 9. The number of carbonyl (C=O) groups excluding carboxylic acids is 4. The highest BCUT2D eigenvalue weighted by Gasteiger charge is 2.43. The SMILES string of the molecule is CCCn1c(C)cc(C(=O)COC(=O)CCCN2C(=O)NC(C)(C)C2=O)c1C. The zero-order valence-electron chi connectivity index (χ0n) is 17.3. The van der Waals surface area contributed by atoms with Crippen LogP contribution in [0.5, 0.6) is 0 Å². The van der Waals surface area contributed by atoms with Gasteiger partial charge in [0.15, 0.2) is 6.61 Å². The van der Waals surface area contributed by atoms with E-state index in [1.807, 2.05) is 19.9 Å². The van der Waals surface area contributed by atoms with E-state index < -0.39 is 17.5 Å². The number of hydrogen-bond acceptors (Lipinski definition) is 5. The number of esters is 1. The number of urea groups is 1. The van der Waals surface area contributed by atoms with Gasteiger partial charge in [0.25, 0.3) is 5.91 Å². The van der Waals surface area contributed by atoms with E-state index in [-0.39, 0.29) is 37.7 Å². The summed E-state index contributed by atoms with van der Waals surface area (Å²) in [5, 5.41) is 2.58. The fourth-order valence-corrected chi connectivity index (χ4v) is 3.35. The van der Waals surface area contributed by atoms with Gasteiger partial charge in [0.1, 0.15) is 5.54 Å². The first-order valence-corrected chi connectivity index (χ1v) is 9.58. The second kappa shape index (κ2) is 8.58. The summed E-state index contributed by atoms with van der Waals surface area (Å²) in [6.07, 6.45) is 1.28. The zero-order chi connectivity index (χ0) is 21.1. The van der Waals surface area contributed by atoms with E-state index in [4.69, 9.17) is 4.74 Å². The number of ketones is 1. The zero-order valence-corrected chi connectivity index (χ0v) is 17.3. The van der Waals surface area contributed by atoms with Gasteiger partial charge in [-0.2, -0.15) is 0 Å². The lowest BCUT2D eigenvalue weighted by Gasteiger charge is -2.15. The van der Waals surface area contributed by atoms with Gasteiger partial charge in [-0.3, -0.25) is 19.3 Å². The molecule has 0 bridgehead atoms. The molecule has 1 aromatic rings. The number of amides is 3. The van der Waals surface area contributed by atoms with Gasteiger partial charge in [-0.1, -0.05) is 6.92 Å². The van der Waals surface area contributed by atoms with Crippen LogP contribution in [-0.4, -0.2) is 51.8 Å². The maximum atomic E-state index is 12.4. The van der Waals surface area contributed by atoms with Gasteiger partial charge >= 0.3 is 12.0 Å². The second-order valence-corrected chi connectivity index (χ2v) is 7.64. The van der Waals surface area contributed by atoms with Crippen LogP contribution >= 0.6 is 0 Å². The van der Waals surface area contributed by atoms with Gasteiger partial charge in [0.2, 0.25) is 5.78 Å². The number of nitrogens with zero attached hydrogens (tertiary/aromatic N) is 2. The average Bonchev–Trinajstić information content (AvgIpc) is 3.00. The van der Waals surface area contributed by atoms with Crippen LogP contribution in [-0.2, 0) is 20.9 Å². The molecule has 2 heterocycles. The minimum absolute atomic E-state index is 0.0274. The Kier molecular flexibility index (Phi) is 6.64. The van der Waals surface area contributed by atoms with Crippen molar-refractivity contribution < 1.29 is 23.9 Å². The summed E-state index contributed by atoms with van der Waals surface area (Å²) in [6, 6.07) is 1.36. The highest BCUT2D eigenvalue weighted by Crippen LogP contribution is 2.18. The van der Waals surface area contributed by atoms with Crippen LogP contribution in [0.3, 0.4) is 0 Å². The number of Topliss-reactive ketones (excluding diaryl/α,β-unsaturated/α-hetero) is 1. The molecule has 8 heteroatoms. The maximum absolute atomic E-state index is 12.4. The monoisotopic (exact) mass is 391 g/mol. The molecule has 8 nitrogen and oxygen atoms in total. The van der Waals surface area contributed by atoms with E-state index in [9.17, 15) is 19.2 Å². The van der Waals surface area contributed by atoms with E-state index in [0.29, 0.717) is 5.56 Å². The smallest absolute Gasteiger partial charge is 0.325 e. The van der Waals surface area contributed by atoms with Crippen LogP contribution in [0, 0.1) is 13.8 Å². The lowest BCUT2D eigenvalue weighted by molar-refractivity contribution is -0.143. The molecule has 0 spiro atoms. The normalized spacial score (nSPS) is 15.7. The molecular weight excluding hydrogens is 362 g/mol. The average molecular weight is 391 g/mol. The fraction of sp³-hybridized carbons (Fsp3) is 0.600. The summed E-state index contributed by atoms with van der Waals surface area (Å²) in [6.45, 7) is 9.82. The molecule has 28 heavy (non-hydrogen) atoms. The molecule has 1 aliphatic rings. The Morgan fingerprint density at radius 2 is 1.86 bits per heavy atom. The molecule has 0 saturated carbocycles. The van der Waals surface area contributed by atoms with Gasteiger partial charge in [-0.25, -0.2) is 4.79 Å². The predicted octanol–water partition coefficient (Wildman–Crippen LogP) is 2.35. The van der Waals surface area contributed by atoms with E-state index in [2.05, 4.69) is 16.8 Å². The Balaban J connectivity index is 1.80. The van der Waals surface area contributed by atoms with Crippen molar-refractivity contribution >= 4 is 23.7 Å². The van der Waals surface area contributed by atoms with Crippen molar-refractivity contribution in [3.63, 3.8) is 0 Å². The van der Waals surface area contributed by atoms with Crippen LogP contribution in [0.25, 0.3) is 0 Å². The molecule has 3 amide bonds. The number of nitrogens with one attached hydrogen (secondary N) is 1. The summed E-state index contributed by atoms with van der Waals surface area (Å²) in [7, 11) is 0. The van der Waals surface area contributed by atoms with Gasteiger partial charge < -0.3 is 14.6 Å². The van der Waals surface area contributed by atoms with Crippen molar-refractivity contribution in [3.05, 3.63) is 23.0 Å². The van der Waals surface area contributed by atoms with Crippen LogP contribution in [0.1, 0.15) is 61.8 Å². The van der Waals surface area contributed by atoms with Crippen molar-refractivity contribution in [2.75, 3.05) is 13.2 Å². The van der Waals surface area contributed by atoms with Crippen molar-refractivity contribution in [2.45, 2.75) is 66.0 Å². The van der Waals surface area contributed by atoms with Crippen LogP contribution in [0.4, 0.5) is 4.79 Å². The van der Waals surface area contributed by atoms with Crippen molar-refractivity contribution in [1.29, 1.82) is 0 Å². The van der Waals surface area contributed by atoms with Gasteiger partial charge in [0, 0.05) is 36.5 Å². The summed E-state index contributed by atoms with van der Waals surface area (Å²) < 4.78 is 7.16. The maximum Gasteiger partial charge on any atom is 0.325 e. The third-order valence-corrected chi connectivity index (χ3v) is 4.89. The molecule has 1 saturated heterocycles. The number of aryl methyl sites for hydroxylation is 1. The minimum atomic E-state index is -0.922. The number of imide groups is 1. The highest BCUT2D eigenvalue weighted by atomic mass is 16.5. The first-order chi connectivity index (χ1) is 13.1. The Labute approximate surface area is 165 Å². The predicted molar refractivity (Wildman–Crippen MR) is 103 cm³/mol. The van der Waals surface area contributed by atoms with Gasteiger partial charge in [-0.05, 0) is 46.6 Å². The minimum Gasteiger partial charge on any atom is -0.457 e. The van der Waals surface area contributed by atoms with Crippen LogP contribution in [0.2, 0.25) is 0 Å². The number of ether oxygens (including phenoxy) is 1. The van der Waals surface area contributed by atoms with Gasteiger partial charge in [-0.15, -0.1) is 0 Å². The molecule has 0 unspecified atom stereocenters. The van der Waals surface area contributed by atoms with Crippen molar-refractivity contribution in [1.82, 2.24) is 14.8 Å². The Bertz CT molecular complexity index is 794. The van der Waals surface area contributed by atoms with Crippen LogP contribution in [0.15, 0.2) is 6.07 Å². The quantitative estimate of drug-likeness (QED) is 0.396. The standard InChI is InChI=1S/C20H29N3O5/c1-6-9-22-13(2)11-15(14(22)3)16(24)12-28-17(25)8-7-10-23-18(26)20(4,5)21-19(23)27/h11H,6-10,12H2,1-5H3,(H,21,27). The third kappa shape index (κ3) is 4.61. The molecule has 1 aromatic heterocycles. The van der Waals surface area contributed by atoms with E-state index in [1.165, 1.54) is 0 Å². The molecule has 0 aromatic carbocycles. The van der Waals surface area contributed by atoms with E-state index >= 15 is 0 Å². The first-order valence-electron chi connectivity index (χ1n) is 9.58. The molecule has 1 N–H and O–H groups in total. The largest absolute Gasteiger partial charge is 0.457 e. The number of carbonyl (C=O) groups is 4. The van der Waals surface area contributed by atoms with Crippen molar-refractivity contribution in [3.8, 4) is 0 Å². The first kappa shape index (κ1) is 21.7. The summed E-state index contributed by atoms with van der Waals surface area (Å²) in [5.74, 6) is -1.08. The lowest BCUT2D eigenvalue weighted by atomic mass is 10.1. The Morgan fingerprint density at radius 3 is 2.43 bits per heavy atom. The molecule has 154 valence electrons. The molecule has 2 rings (SSSR count). The molecule has 0 atom stereocenters. The Hall–Kier alpha value is -2.64.